The zero-order valence-electron chi connectivity index (χ0n) is 14.2. The van der Waals surface area contributed by atoms with Gasteiger partial charge in [-0.1, -0.05) is 28.1 Å². The first-order valence-electron chi connectivity index (χ1n) is 7.99. The summed E-state index contributed by atoms with van der Waals surface area (Å²) in [6.07, 6.45) is 1.87. The first-order valence-corrected chi connectivity index (χ1v) is 9.66. The van der Waals surface area contributed by atoms with Gasteiger partial charge in [0.25, 0.3) is 5.91 Å². The number of nitrogens with zero attached hydrogens (tertiary/aromatic N) is 3. The van der Waals surface area contributed by atoms with Crippen LogP contribution >= 0.6 is 27.3 Å². The van der Waals surface area contributed by atoms with Crippen LogP contribution in [0.3, 0.4) is 0 Å². The van der Waals surface area contributed by atoms with Crippen LogP contribution < -0.4 is 5.32 Å². The number of aromatic nitrogens is 3. The smallest absolute Gasteiger partial charge is 0.276 e. The minimum atomic E-state index is -0.212. The molecule has 0 aliphatic heterocycles. The molecule has 0 unspecified atom stereocenters. The molecule has 4 aromatic rings. The fourth-order valence-corrected chi connectivity index (χ4v) is 3.76. The molecular weight excluding hydrogens is 412 g/mol. The summed E-state index contributed by atoms with van der Waals surface area (Å²) < 4.78 is 2.82. The third-order valence-corrected chi connectivity index (χ3v) is 5.32. The van der Waals surface area contributed by atoms with E-state index in [1.54, 1.807) is 4.40 Å². The normalized spacial score (nSPS) is 11.0. The highest BCUT2D eigenvalue weighted by Crippen LogP contribution is 2.26. The summed E-state index contributed by atoms with van der Waals surface area (Å²) in [5, 5.41) is 5.39. The number of pyridine rings is 1. The van der Waals surface area contributed by atoms with Crippen LogP contribution in [0.4, 0.5) is 5.13 Å². The number of nitrogens with one attached hydrogen (secondary N) is 1. The highest BCUT2D eigenvalue weighted by Gasteiger charge is 2.18. The van der Waals surface area contributed by atoms with E-state index in [2.05, 4.69) is 31.2 Å². The van der Waals surface area contributed by atoms with Gasteiger partial charge in [-0.2, -0.15) is 0 Å². The van der Waals surface area contributed by atoms with Crippen molar-refractivity contribution in [3.8, 4) is 11.3 Å². The SMILES string of the molecule is Cc1ccn2c(C(=O)Nc3nc(-c4ccc(Br)cc4)cs3)c(C)nc2c1. The van der Waals surface area contributed by atoms with Crippen molar-refractivity contribution in [2.45, 2.75) is 13.8 Å². The molecular formula is C19H15BrN4OS. The van der Waals surface area contributed by atoms with E-state index < -0.39 is 0 Å². The Kier molecular flexibility index (Phi) is 4.34. The Bertz CT molecular complexity index is 1110. The summed E-state index contributed by atoms with van der Waals surface area (Å²) in [5.74, 6) is -0.212. The number of thiazole rings is 1. The molecule has 0 fully saturated rings. The highest BCUT2D eigenvalue weighted by atomic mass is 79.9. The van der Waals surface area contributed by atoms with Gasteiger partial charge >= 0.3 is 0 Å². The van der Waals surface area contributed by atoms with Crippen molar-refractivity contribution in [2.24, 2.45) is 0 Å². The molecule has 1 amide bonds. The Labute approximate surface area is 162 Å². The average Bonchev–Trinajstić information content (AvgIpc) is 3.18. The summed E-state index contributed by atoms with van der Waals surface area (Å²) in [5.41, 5.74) is 4.93. The lowest BCUT2D eigenvalue weighted by atomic mass is 10.2. The van der Waals surface area contributed by atoms with Gasteiger partial charge in [-0.25, -0.2) is 9.97 Å². The zero-order chi connectivity index (χ0) is 18.3. The maximum Gasteiger partial charge on any atom is 0.276 e. The van der Waals surface area contributed by atoms with Crippen molar-refractivity contribution in [1.29, 1.82) is 0 Å². The largest absolute Gasteiger partial charge is 0.296 e. The topological polar surface area (TPSA) is 59.3 Å². The van der Waals surface area contributed by atoms with Crippen LogP contribution in [-0.2, 0) is 0 Å². The van der Waals surface area contributed by atoms with Gasteiger partial charge in [0.05, 0.1) is 11.4 Å². The Hall–Kier alpha value is -2.51. The van der Waals surface area contributed by atoms with E-state index >= 15 is 0 Å². The Balaban J connectivity index is 1.61. The highest BCUT2D eigenvalue weighted by molar-refractivity contribution is 9.10. The lowest BCUT2D eigenvalue weighted by Gasteiger charge is -2.03. The molecule has 0 radical (unpaired) electrons. The number of aryl methyl sites for hydroxylation is 2. The quantitative estimate of drug-likeness (QED) is 0.496. The van der Waals surface area contributed by atoms with Gasteiger partial charge in [0.15, 0.2) is 5.13 Å². The molecule has 0 saturated heterocycles. The van der Waals surface area contributed by atoms with Gasteiger partial charge in [-0.3, -0.25) is 14.5 Å². The number of hydrogen-bond donors (Lipinski definition) is 1. The van der Waals surface area contributed by atoms with Crippen molar-refractivity contribution in [1.82, 2.24) is 14.4 Å². The van der Waals surface area contributed by atoms with E-state index in [4.69, 9.17) is 0 Å². The lowest BCUT2D eigenvalue weighted by Crippen LogP contribution is -2.15. The van der Waals surface area contributed by atoms with Crippen LogP contribution in [0.2, 0.25) is 0 Å². The van der Waals surface area contributed by atoms with Gasteiger partial charge in [0.2, 0.25) is 0 Å². The Morgan fingerprint density at radius 1 is 1.15 bits per heavy atom. The van der Waals surface area contributed by atoms with E-state index in [1.165, 1.54) is 11.3 Å². The van der Waals surface area contributed by atoms with Gasteiger partial charge < -0.3 is 0 Å². The first kappa shape index (κ1) is 16.9. The number of amides is 1. The minimum Gasteiger partial charge on any atom is -0.296 e. The van der Waals surface area contributed by atoms with Crippen LogP contribution in [0.15, 0.2) is 52.4 Å². The molecule has 0 atom stereocenters. The van der Waals surface area contributed by atoms with Gasteiger partial charge in [0, 0.05) is 21.6 Å². The number of anilines is 1. The molecule has 130 valence electrons. The summed E-state index contributed by atoms with van der Waals surface area (Å²) in [6, 6.07) is 11.8. The van der Waals surface area contributed by atoms with E-state index in [0.29, 0.717) is 16.5 Å². The molecule has 26 heavy (non-hydrogen) atoms. The number of hydrogen-bond acceptors (Lipinski definition) is 4. The van der Waals surface area contributed by atoms with Gasteiger partial charge in [-0.05, 0) is 43.7 Å². The summed E-state index contributed by atoms with van der Waals surface area (Å²) in [4.78, 5) is 21.8. The molecule has 3 aromatic heterocycles. The summed E-state index contributed by atoms with van der Waals surface area (Å²) in [7, 11) is 0. The summed E-state index contributed by atoms with van der Waals surface area (Å²) >= 11 is 4.83. The number of benzene rings is 1. The van der Waals surface area contributed by atoms with E-state index in [-0.39, 0.29) is 5.91 Å². The number of carbonyl (C=O) groups excluding carboxylic acids is 1. The maximum atomic E-state index is 12.8. The van der Waals surface area contributed by atoms with E-state index in [9.17, 15) is 4.79 Å². The zero-order valence-corrected chi connectivity index (χ0v) is 16.6. The molecule has 7 heteroatoms. The van der Waals surface area contributed by atoms with Crippen molar-refractivity contribution in [3.05, 3.63) is 69.4 Å². The number of halogens is 1. The van der Waals surface area contributed by atoms with Crippen molar-refractivity contribution >= 4 is 44.0 Å². The molecule has 0 spiro atoms. The van der Waals surface area contributed by atoms with Crippen LogP contribution in [-0.4, -0.2) is 20.3 Å². The predicted molar refractivity (Wildman–Crippen MR) is 108 cm³/mol. The predicted octanol–water partition coefficient (Wildman–Crippen LogP) is 5.09. The Morgan fingerprint density at radius 2 is 1.92 bits per heavy atom. The molecule has 0 aliphatic rings. The number of fused-ring (bicyclic) bond motifs is 1. The molecule has 0 bridgehead atoms. The monoisotopic (exact) mass is 426 g/mol. The molecule has 3 heterocycles. The molecule has 5 nitrogen and oxygen atoms in total. The maximum absolute atomic E-state index is 12.8. The number of rotatable bonds is 3. The molecule has 0 saturated carbocycles. The van der Waals surface area contributed by atoms with Gasteiger partial charge in [-0.15, -0.1) is 11.3 Å². The molecule has 4 rings (SSSR count). The number of imidazole rings is 1. The standard InChI is InChI=1S/C19H15BrN4OS/c1-11-7-8-24-16(9-11)21-12(2)17(24)18(25)23-19-22-15(10-26-19)13-3-5-14(20)6-4-13/h3-10H,1-2H3,(H,22,23,25). The Morgan fingerprint density at radius 3 is 2.69 bits per heavy atom. The fourth-order valence-electron chi connectivity index (χ4n) is 2.78. The second kappa shape index (κ2) is 6.66. The first-order chi connectivity index (χ1) is 12.5. The van der Waals surface area contributed by atoms with Crippen LogP contribution in [0.5, 0.6) is 0 Å². The third-order valence-electron chi connectivity index (χ3n) is 4.04. The third kappa shape index (κ3) is 3.15. The molecule has 1 N–H and O–H groups in total. The average molecular weight is 427 g/mol. The van der Waals surface area contributed by atoms with Crippen LogP contribution in [0, 0.1) is 13.8 Å². The van der Waals surface area contributed by atoms with Gasteiger partial charge in [0.1, 0.15) is 11.3 Å². The molecule has 0 aliphatic carbocycles. The number of carbonyl (C=O) groups is 1. The van der Waals surface area contributed by atoms with E-state index in [0.717, 1.165) is 26.9 Å². The van der Waals surface area contributed by atoms with Crippen molar-refractivity contribution < 1.29 is 4.79 Å². The minimum absolute atomic E-state index is 0.212. The second-order valence-corrected chi connectivity index (χ2v) is 7.75. The van der Waals surface area contributed by atoms with Crippen LogP contribution in [0.1, 0.15) is 21.7 Å². The van der Waals surface area contributed by atoms with Crippen molar-refractivity contribution in [3.63, 3.8) is 0 Å². The molecule has 1 aromatic carbocycles. The second-order valence-electron chi connectivity index (χ2n) is 5.98. The lowest BCUT2D eigenvalue weighted by molar-refractivity contribution is 0.102. The van der Waals surface area contributed by atoms with E-state index in [1.807, 2.05) is 61.8 Å². The van der Waals surface area contributed by atoms with Crippen LogP contribution in [0.25, 0.3) is 16.9 Å². The fraction of sp³-hybridized carbons (Fsp3) is 0.105. The summed E-state index contributed by atoms with van der Waals surface area (Å²) in [6.45, 7) is 3.84. The van der Waals surface area contributed by atoms with Crippen molar-refractivity contribution in [2.75, 3.05) is 5.32 Å².